The Morgan fingerprint density at radius 1 is 1.09 bits per heavy atom. The van der Waals surface area contributed by atoms with E-state index in [0.717, 1.165) is 11.0 Å². The first kappa shape index (κ1) is 21.5. The van der Waals surface area contributed by atoms with E-state index in [2.05, 4.69) is 77.6 Å². The van der Waals surface area contributed by atoms with Crippen LogP contribution in [0, 0.1) is 10.5 Å². The van der Waals surface area contributed by atoms with Gasteiger partial charge in [0.1, 0.15) is 0 Å². The first-order chi connectivity index (χ1) is 15.9. The fraction of sp³-hybridized carbons (Fsp3) is 0.227. The molecule has 4 atom stereocenters. The first-order valence-electron chi connectivity index (χ1n) is 10.2. The Hall–Kier alpha value is -2.07. The predicted molar refractivity (Wildman–Crippen MR) is 128 cm³/mol. The number of imidazole rings is 1. The van der Waals surface area contributed by atoms with Crippen molar-refractivity contribution in [2.75, 3.05) is 5.73 Å². The van der Waals surface area contributed by atoms with Crippen LogP contribution in [-0.4, -0.2) is 48.8 Å². The maximum atomic E-state index is 10.9. The van der Waals surface area contributed by atoms with E-state index in [1.165, 1.54) is 32.6 Å². The molecule has 0 bridgehead atoms. The normalized spacial score (nSPS) is 23.4. The SMILES string of the molecule is Cc1cccc2c1c1cc(I)ccc1n2[I-]C1OC(n2cnc3c(N)ncnc32)C(O)C1O. The molecular formula is C22H19I2N6O3-. The van der Waals surface area contributed by atoms with Crippen LogP contribution in [0.4, 0.5) is 5.82 Å². The molecule has 0 spiro atoms. The van der Waals surface area contributed by atoms with E-state index in [1.54, 1.807) is 4.57 Å². The second kappa shape index (κ2) is 8.01. The number of nitrogens with two attached hydrogens (primary N) is 1. The molecule has 3 aromatic heterocycles. The van der Waals surface area contributed by atoms with E-state index in [0.29, 0.717) is 11.2 Å². The van der Waals surface area contributed by atoms with Gasteiger partial charge in [-0.3, -0.25) is 0 Å². The van der Waals surface area contributed by atoms with Crippen molar-refractivity contribution >= 4 is 61.4 Å². The van der Waals surface area contributed by atoms with Crippen LogP contribution in [0.15, 0.2) is 49.1 Å². The molecule has 0 radical (unpaired) electrons. The van der Waals surface area contributed by atoms with Crippen LogP contribution in [0.1, 0.15) is 11.8 Å². The van der Waals surface area contributed by atoms with Crippen molar-refractivity contribution in [1.82, 2.24) is 22.3 Å². The standard InChI is InChI=1S/C22H19I2N6O3/c1-10-3-2-4-14-15(10)12-7-11(23)5-6-13(12)30(14)24-19-17(31)18(32)22(33-19)29-9-28-16-20(25)26-8-27-21(16)29/h2-9,17-19,22,31-32H,1H3,(H2,25,26,27)/q-1. The van der Waals surface area contributed by atoms with E-state index in [4.69, 9.17) is 10.5 Å². The summed E-state index contributed by atoms with van der Waals surface area (Å²) in [6, 6.07) is 12.7. The Balaban J connectivity index is 1.41. The first-order valence-corrected chi connectivity index (χ1v) is 13.5. The number of aliphatic hydroxyl groups excluding tert-OH is 2. The van der Waals surface area contributed by atoms with Gasteiger partial charge in [0.05, 0.1) is 0 Å². The summed E-state index contributed by atoms with van der Waals surface area (Å²) in [5.41, 5.74) is 10.2. The summed E-state index contributed by atoms with van der Waals surface area (Å²) < 4.78 is 10.8. The molecule has 1 aliphatic heterocycles. The zero-order valence-electron chi connectivity index (χ0n) is 17.3. The zero-order chi connectivity index (χ0) is 22.9. The van der Waals surface area contributed by atoms with Gasteiger partial charge in [-0.2, -0.15) is 0 Å². The molecule has 5 aromatic rings. The Labute approximate surface area is 212 Å². The number of benzene rings is 2. The number of nitrogen functional groups attached to an aromatic ring is 1. The number of fused-ring (bicyclic) bond motifs is 4. The second-order valence-electron chi connectivity index (χ2n) is 7.95. The van der Waals surface area contributed by atoms with Crippen LogP contribution in [0.5, 0.6) is 0 Å². The third kappa shape index (κ3) is 3.31. The molecule has 1 fully saturated rings. The third-order valence-corrected chi connectivity index (χ3v) is 9.78. The van der Waals surface area contributed by atoms with Gasteiger partial charge >= 0.3 is 213 Å². The van der Waals surface area contributed by atoms with Crippen LogP contribution in [-0.2, 0) is 4.74 Å². The van der Waals surface area contributed by atoms with Gasteiger partial charge in [0, 0.05) is 0 Å². The quantitative estimate of drug-likeness (QED) is 0.176. The summed E-state index contributed by atoms with van der Waals surface area (Å²) in [4.78, 5) is 12.5. The summed E-state index contributed by atoms with van der Waals surface area (Å²) in [7, 11) is 0. The molecule has 11 heteroatoms. The van der Waals surface area contributed by atoms with Crippen molar-refractivity contribution in [3.05, 3.63) is 58.2 Å². The van der Waals surface area contributed by atoms with Crippen molar-refractivity contribution in [3.63, 3.8) is 0 Å². The van der Waals surface area contributed by atoms with Crippen molar-refractivity contribution in [3.8, 4) is 0 Å². The number of hydrogen-bond donors (Lipinski definition) is 3. The summed E-state index contributed by atoms with van der Waals surface area (Å²) in [6.07, 6.45) is -0.123. The number of halogens is 2. The topological polar surface area (TPSA) is 124 Å². The molecule has 9 nitrogen and oxygen atoms in total. The van der Waals surface area contributed by atoms with Crippen LogP contribution in [0.25, 0.3) is 33.0 Å². The number of rotatable bonds is 3. The van der Waals surface area contributed by atoms with Gasteiger partial charge in [0.15, 0.2) is 0 Å². The Bertz CT molecular complexity index is 1530. The van der Waals surface area contributed by atoms with E-state index in [9.17, 15) is 10.2 Å². The molecule has 0 aliphatic carbocycles. The Morgan fingerprint density at radius 3 is 2.79 bits per heavy atom. The molecule has 33 heavy (non-hydrogen) atoms. The average molecular weight is 669 g/mol. The average Bonchev–Trinajstić information content (AvgIpc) is 3.44. The Kier molecular flexibility index (Phi) is 5.21. The van der Waals surface area contributed by atoms with Crippen LogP contribution >= 0.6 is 22.6 Å². The third-order valence-electron chi connectivity index (χ3n) is 5.94. The molecule has 0 amide bonds. The molecule has 6 rings (SSSR count). The number of alkyl halides is 1. The molecule has 1 aliphatic rings. The van der Waals surface area contributed by atoms with Gasteiger partial charge in [-0.25, -0.2) is 0 Å². The van der Waals surface area contributed by atoms with Gasteiger partial charge in [-0.15, -0.1) is 0 Å². The van der Waals surface area contributed by atoms with E-state index < -0.39 is 44.0 Å². The molecular weight excluding hydrogens is 650 g/mol. The van der Waals surface area contributed by atoms with Crippen molar-refractivity contribution in [2.24, 2.45) is 0 Å². The summed E-state index contributed by atoms with van der Waals surface area (Å²) >= 11 is 1.43. The van der Waals surface area contributed by atoms with E-state index in [-0.39, 0.29) is 5.82 Å². The monoisotopic (exact) mass is 669 g/mol. The molecule has 2 aromatic carbocycles. The summed E-state index contributed by atoms with van der Waals surface area (Å²) in [6.45, 7) is 2.11. The molecule has 0 saturated carbocycles. The summed E-state index contributed by atoms with van der Waals surface area (Å²) in [5.74, 6) is 0.256. The molecule has 4 N–H and O–H groups in total. The van der Waals surface area contributed by atoms with Gasteiger partial charge in [0.25, 0.3) is 0 Å². The predicted octanol–water partition coefficient (Wildman–Crippen LogP) is -0.442. The number of anilines is 1. The van der Waals surface area contributed by atoms with E-state index >= 15 is 0 Å². The summed E-state index contributed by atoms with van der Waals surface area (Å²) in [5, 5.41) is 24.2. The maximum absolute atomic E-state index is 10.9. The fourth-order valence-electron chi connectivity index (χ4n) is 4.36. The minimum atomic E-state index is -1.13. The molecule has 1 saturated heterocycles. The van der Waals surface area contributed by atoms with Crippen LogP contribution in [0.3, 0.4) is 0 Å². The van der Waals surface area contributed by atoms with Crippen LogP contribution < -0.4 is 27.2 Å². The van der Waals surface area contributed by atoms with Gasteiger partial charge < -0.3 is 0 Å². The minimum absolute atomic E-state index is 0.256. The number of ether oxygens (including phenoxy) is 1. The molecule has 4 unspecified atom stereocenters. The molecule has 4 heterocycles. The van der Waals surface area contributed by atoms with Crippen molar-refractivity contribution < 1.29 is 36.4 Å². The number of aromatic nitrogens is 5. The second-order valence-corrected chi connectivity index (χ2v) is 11.9. The van der Waals surface area contributed by atoms with Gasteiger partial charge in [-0.05, 0) is 0 Å². The number of nitrogens with zero attached hydrogens (tertiary/aromatic N) is 5. The molecule has 170 valence electrons. The van der Waals surface area contributed by atoms with Crippen molar-refractivity contribution in [2.45, 2.75) is 29.5 Å². The number of hydrogen-bond acceptors (Lipinski definition) is 7. The number of aliphatic hydroxyl groups is 2. The zero-order valence-corrected chi connectivity index (χ0v) is 21.6. The Morgan fingerprint density at radius 2 is 1.94 bits per heavy atom. The van der Waals surface area contributed by atoms with Gasteiger partial charge in [-0.1, -0.05) is 0 Å². The van der Waals surface area contributed by atoms with Crippen LogP contribution in [0.2, 0.25) is 0 Å². The van der Waals surface area contributed by atoms with Gasteiger partial charge in [0.2, 0.25) is 0 Å². The number of aryl methyl sites for hydroxylation is 1. The van der Waals surface area contributed by atoms with E-state index in [1.807, 2.05) is 6.07 Å². The fourth-order valence-corrected chi connectivity index (χ4v) is 8.01. The van der Waals surface area contributed by atoms with Crippen molar-refractivity contribution in [1.29, 1.82) is 0 Å².